The second-order valence-electron chi connectivity index (χ2n) is 7.58. The van der Waals surface area contributed by atoms with Crippen molar-refractivity contribution < 1.29 is 14.5 Å². The zero-order valence-electron chi connectivity index (χ0n) is 12.5. The first-order chi connectivity index (χ1) is 8.23. The summed E-state index contributed by atoms with van der Waals surface area (Å²) in [6.07, 6.45) is 5.11. The third kappa shape index (κ3) is 3.25. The molecule has 0 bridgehead atoms. The number of rotatable bonds is 0. The van der Waals surface area contributed by atoms with E-state index in [1.54, 1.807) is 0 Å². The topological polar surface area (TPSA) is 27.7 Å². The fourth-order valence-corrected chi connectivity index (χ4v) is 2.89. The lowest BCUT2D eigenvalue weighted by Crippen LogP contribution is -2.41. The van der Waals surface area contributed by atoms with Gasteiger partial charge in [0.1, 0.15) is 5.60 Å². The van der Waals surface area contributed by atoms with Gasteiger partial charge < -0.3 is 4.74 Å². The standard InChI is InChI=1S/C15H28O3/c1-13(2,3)12-6-8-15(9-7-12)16-11-10-14(4,5)17-18-15/h12H,6-11H2,1-5H3. The monoisotopic (exact) mass is 256 g/mol. The highest BCUT2D eigenvalue weighted by Crippen LogP contribution is 2.44. The van der Waals surface area contributed by atoms with Gasteiger partial charge in [0.2, 0.25) is 5.79 Å². The summed E-state index contributed by atoms with van der Waals surface area (Å²) >= 11 is 0. The molecule has 18 heavy (non-hydrogen) atoms. The Bertz CT molecular complexity index is 283. The van der Waals surface area contributed by atoms with Crippen LogP contribution in [-0.2, 0) is 14.5 Å². The van der Waals surface area contributed by atoms with Gasteiger partial charge in [-0.25, -0.2) is 9.78 Å². The quantitative estimate of drug-likeness (QED) is 0.612. The predicted molar refractivity (Wildman–Crippen MR) is 71.0 cm³/mol. The Labute approximate surface area is 111 Å². The summed E-state index contributed by atoms with van der Waals surface area (Å²) in [6, 6.07) is 0. The lowest BCUT2D eigenvalue weighted by Gasteiger charge is -2.42. The highest BCUT2D eigenvalue weighted by molar-refractivity contribution is 4.86. The first-order valence-electron chi connectivity index (χ1n) is 7.23. The average Bonchev–Trinajstić information content (AvgIpc) is 2.39. The first-order valence-corrected chi connectivity index (χ1v) is 7.23. The molecule has 1 heterocycles. The van der Waals surface area contributed by atoms with Crippen molar-refractivity contribution in [3.63, 3.8) is 0 Å². The zero-order valence-corrected chi connectivity index (χ0v) is 12.5. The Morgan fingerprint density at radius 3 is 2.11 bits per heavy atom. The van der Waals surface area contributed by atoms with E-state index in [0.717, 1.165) is 44.6 Å². The van der Waals surface area contributed by atoms with Crippen LogP contribution in [0.15, 0.2) is 0 Å². The highest BCUT2D eigenvalue weighted by atomic mass is 17.2. The van der Waals surface area contributed by atoms with E-state index in [1.165, 1.54) is 0 Å². The first kappa shape index (κ1) is 14.3. The molecule has 0 N–H and O–H groups in total. The molecule has 1 saturated carbocycles. The van der Waals surface area contributed by atoms with Gasteiger partial charge in [-0.05, 0) is 38.0 Å². The van der Waals surface area contributed by atoms with Gasteiger partial charge in [0.05, 0.1) is 6.61 Å². The molecule has 0 amide bonds. The molecular formula is C15H28O3. The Hall–Kier alpha value is -0.120. The van der Waals surface area contributed by atoms with Gasteiger partial charge in [0.15, 0.2) is 0 Å². The Kier molecular flexibility index (Phi) is 3.79. The molecule has 0 atom stereocenters. The summed E-state index contributed by atoms with van der Waals surface area (Å²) in [5.41, 5.74) is 0.150. The fraction of sp³-hybridized carbons (Fsp3) is 1.00. The van der Waals surface area contributed by atoms with Crippen LogP contribution in [0.2, 0.25) is 0 Å². The second kappa shape index (κ2) is 4.77. The number of hydrogen-bond donors (Lipinski definition) is 0. The molecule has 0 aromatic carbocycles. The second-order valence-corrected chi connectivity index (χ2v) is 7.58. The third-order valence-electron chi connectivity index (χ3n) is 4.46. The Balaban J connectivity index is 1.95. The molecule has 0 aromatic heterocycles. The van der Waals surface area contributed by atoms with E-state index in [0.29, 0.717) is 5.41 Å². The van der Waals surface area contributed by atoms with Crippen molar-refractivity contribution in [3.8, 4) is 0 Å². The normalized spacial score (nSPS) is 37.5. The van der Waals surface area contributed by atoms with Crippen LogP contribution in [0, 0.1) is 11.3 Å². The average molecular weight is 256 g/mol. The van der Waals surface area contributed by atoms with Crippen molar-refractivity contribution in [2.24, 2.45) is 11.3 Å². The summed E-state index contributed by atoms with van der Waals surface area (Å²) in [4.78, 5) is 11.3. The number of ether oxygens (including phenoxy) is 1. The summed E-state index contributed by atoms with van der Waals surface area (Å²) in [5.74, 6) is 0.279. The molecule has 3 heteroatoms. The minimum atomic E-state index is -0.477. The van der Waals surface area contributed by atoms with Gasteiger partial charge in [-0.3, -0.25) is 0 Å². The van der Waals surface area contributed by atoms with Crippen LogP contribution >= 0.6 is 0 Å². The van der Waals surface area contributed by atoms with Crippen LogP contribution in [0.1, 0.15) is 66.7 Å². The lowest BCUT2D eigenvalue weighted by atomic mass is 9.71. The summed E-state index contributed by atoms with van der Waals surface area (Å²) in [7, 11) is 0. The van der Waals surface area contributed by atoms with Crippen LogP contribution in [0.3, 0.4) is 0 Å². The van der Waals surface area contributed by atoms with Crippen LogP contribution in [-0.4, -0.2) is 18.0 Å². The minimum Gasteiger partial charge on any atom is -0.347 e. The third-order valence-corrected chi connectivity index (χ3v) is 4.46. The Morgan fingerprint density at radius 2 is 1.56 bits per heavy atom. The maximum atomic E-state index is 5.98. The SMILES string of the molecule is CC1(C)CCOC2(CCC(C(C)(C)C)CC2)OO1. The maximum Gasteiger partial charge on any atom is 0.201 e. The van der Waals surface area contributed by atoms with Crippen molar-refractivity contribution in [3.05, 3.63) is 0 Å². The van der Waals surface area contributed by atoms with Gasteiger partial charge in [-0.15, -0.1) is 0 Å². The van der Waals surface area contributed by atoms with E-state index in [-0.39, 0.29) is 5.60 Å². The van der Waals surface area contributed by atoms with Crippen molar-refractivity contribution >= 4 is 0 Å². The summed E-state index contributed by atoms with van der Waals surface area (Å²) in [6.45, 7) is 11.8. The van der Waals surface area contributed by atoms with Crippen LogP contribution in [0.25, 0.3) is 0 Å². The smallest absolute Gasteiger partial charge is 0.201 e. The molecule has 3 nitrogen and oxygen atoms in total. The van der Waals surface area contributed by atoms with Gasteiger partial charge in [0, 0.05) is 19.3 Å². The fourth-order valence-electron chi connectivity index (χ4n) is 2.89. The summed E-state index contributed by atoms with van der Waals surface area (Å²) in [5, 5.41) is 0. The van der Waals surface area contributed by atoms with Gasteiger partial charge in [-0.2, -0.15) is 0 Å². The van der Waals surface area contributed by atoms with E-state index >= 15 is 0 Å². The van der Waals surface area contributed by atoms with Crippen LogP contribution < -0.4 is 0 Å². The lowest BCUT2D eigenvalue weighted by molar-refractivity contribution is -0.451. The van der Waals surface area contributed by atoms with E-state index in [9.17, 15) is 0 Å². The van der Waals surface area contributed by atoms with Gasteiger partial charge in [-0.1, -0.05) is 20.8 Å². The van der Waals surface area contributed by atoms with Crippen molar-refractivity contribution in [2.45, 2.75) is 78.1 Å². The van der Waals surface area contributed by atoms with Gasteiger partial charge >= 0.3 is 0 Å². The minimum absolute atomic E-state index is 0.232. The van der Waals surface area contributed by atoms with Crippen LogP contribution in [0.5, 0.6) is 0 Å². The molecule has 1 aliphatic carbocycles. The van der Waals surface area contributed by atoms with E-state index in [2.05, 4.69) is 34.6 Å². The highest BCUT2D eigenvalue weighted by Gasteiger charge is 2.44. The molecule has 2 fully saturated rings. The maximum absolute atomic E-state index is 5.98. The molecule has 1 saturated heterocycles. The molecule has 0 aromatic rings. The van der Waals surface area contributed by atoms with E-state index in [1.807, 2.05) is 0 Å². The molecule has 106 valence electrons. The Morgan fingerprint density at radius 1 is 0.944 bits per heavy atom. The van der Waals surface area contributed by atoms with Crippen molar-refractivity contribution in [1.82, 2.24) is 0 Å². The molecule has 2 rings (SSSR count). The molecule has 1 aliphatic heterocycles. The molecule has 0 radical (unpaired) electrons. The van der Waals surface area contributed by atoms with Gasteiger partial charge in [0.25, 0.3) is 0 Å². The molecule has 1 spiro atoms. The largest absolute Gasteiger partial charge is 0.347 e. The molecule has 0 unspecified atom stereocenters. The van der Waals surface area contributed by atoms with Crippen LogP contribution in [0.4, 0.5) is 0 Å². The zero-order chi connectivity index (χ0) is 13.4. The predicted octanol–water partition coefficient (Wildman–Crippen LogP) is 4.07. The molecule has 2 aliphatic rings. The summed E-state index contributed by atoms with van der Waals surface area (Å²) < 4.78 is 5.98. The van der Waals surface area contributed by atoms with E-state index in [4.69, 9.17) is 14.5 Å². The van der Waals surface area contributed by atoms with E-state index < -0.39 is 5.79 Å². The van der Waals surface area contributed by atoms with Crippen molar-refractivity contribution in [1.29, 1.82) is 0 Å². The molecular weight excluding hydrogens is 228 g/mol. The number of hydrogen-bond acceptors (Lipinski definition) is 3. The van der Waals surface area contributed by atoms with Crippen molar-refractivity contribution in [2.75, 3.05) is 6.61 Å².